The van der Waals surface area contributed by atoms with E-state index in [1.807, 2.05) is 0 Å². The number of fused-ring (bicyclic) bond motifs is 2. The minimum atomic E-state index is -2.18. The molecule has 5 atom stereocenters. The van der Waals surface area contributed by atoms with Crippen molar-refractivity contribution < 1.29 is 19.0 Å². The highest BCUT2D eigenvalue weighted by molar-refractivity contribution is 6.74. The van der Waals surface area contributed by atoms with Gasteiger partial charge >= 0.3 is 5.69 Å². The Balaban J connectivity index is 2.00. The molecule has 0 aliphatic carbocycles. The van der Waals surface area contributed by atoms with E-state index in [-0.39, 0.29) is 11.6 Å². The first kappa shape index (κ1) is 19.5. The highest BCUT2D eigenvalue weighted by atomic mass is 28.4. The molecule has 8 nitrogen and oxygen atoms in total. The van der Waals surface area contributed by atoms with Crippen molar-refractivity contribution in [2.75, 3.05) is 6.61 Å². The molecule has 2 aliphatic rings. The van der Waals surface area contributed by atoms with Gasteiger partial charge in [-0.3, -0.25) is 14.3 Å². The van der Waals surface area contributed by atoms with Crippen LogP contribution in [0.15, 0.2) is 21.9 Å². The van der Waals surface area contributed by atoms with Crippen molar-refractivity contribution in [3.05, 3.63) is 33.1 Å². The summed E-state index contributed by atoms with van der Waals surface area (Å²) in [7, 11) is -2.18. The standard InChI is InChI=1S/C17H28N2O6Si/c1-10(20)17-9-23-12(13(17)25-26(5,6)16(2,3)4)14(24-17)19-8-7-11(21)18-15(19)22/h7-8,10,12-14,20H,9H2,1-6H3,(H,18,21,22)/t10-,12+,13-,14-,17+/m1/s1. The largest absolute Gasteiger partial charge is 0.408 e. The van der Waals surface area contributed by atoms with Crippen molar-refractivity contribution in [1.82, 2.24) is 9.55 Å². The molecule has 2 aliphatic heterocycles. The molecule has 3 heterocycles. The van der Waals surface area contributed by atoms with Gasteiger partial charge in [0.15, 0.2) is 14.5 Å². The number of nitrogens with one attached hydrogen (secondary N) is 1. The van der Waals surface area contributed by atoms with E-state index in [9.17, 15) is 14.7 Å². The lowest BCUT2D eigenvalue weighted by Crippen LogP contribution is -2.55. The zero-order valence-electron chi connectivity index (χ0n) is 16.1. The fraction of sp³-hybridized carbons (Fsp3) is 0.765. The number of aliphatic hydroxyl groups is 1. The first-order chi connectivity index (χ1) is 11.9. The van der Waals surface area contributed by atoms with E-state index in [1.54, 1.807) is 6.92 Å². The van der Waals surface area contributed by atoms with Gasteiger partial charge in [-0.05, 0) is 25.1 Å². The van der Waals surface area contributed by atoms with Gasteiger partial charge in [0.05, 0.1) is 12.7 Å². The maximum Gasteiger partial charge on any atom is 0.330 e. The molecular weight excluding hydrogens is 356 g/mol. The van der Waals surface area contributed by atoms with Crippen molar-refractivity contribution >= 4 is 8.32 Å². The van der Waals surface area contributed by atoms with Gasteiger partial charge in [0, 0.05) is 12.3 Å². The Morgan fingerprint density at radius 3 is 2.62 bits per heavy atom. The van der Waals surface area contributed by atoms with Gasteiger partial charge in [0.2, 0.25) is 0 Å². The van der Waals surface area contributed by atoms with Crippen LogP contribution in [0.5, 0.6) is 0 Å². The van der Waals surface area contributed by atoms with Crippen molar-refractivity contribution in [3.63, 3.8) is 0 Å². The van der Waals surface area contributed by atoms with Crippen LogP contribution < -0.4 is 11.2 Å². The van der Waals surface area contributed by atoms with E-state index in [1.165, 1.54) is 16.8 Å². The third-order valence-electron chi connectivity index (χ3n) is 5.96. The molecule has 2 N–H and O–H groups in total. The van der Waals surface area contributed by atoms with E-state index in [4.69, 9.17) is 13.9 Å². The maximum absolute atomic E-state index is 12.2. The monoisotopic (exact) mass is 384 g/mol. The molecule has 2 saturated heterocycles. The van der Waals surface area contributed by atoms with Crippen LogP contribution in [0.2, 0.25) is 18.1 Å². The molecule has 3 rings (SSSR count). The van der Waals surface area contributed by atoms with Crippen LogP contribution in [0.25, 0.3) is 0 Å². The van der Waals surface area contributed by atoms with Crippen LogP contribution in [0.1, 0.15) is 33.9 Å². The Hall–Kier alpha value is -1.26. The minimum absolute atomic E-state index is 0.0285. The third-order valence-corrected chi connectivity index (χ3v) is 10.4. The normalized spacial score (nSPS) is 32.8. The lowest BCUT2D eigenvalue weighted by molar-refractivity contribution is -0.206. The van der Waals surface area contributed by atoms with Crippen molar-refractivity contribution in [2.24, 2.45) is 0 Å². The zero-order chi connectivity index (χ0) is 19.5. The van der Waals surface area contributed by atoms with Gasteiger partial charge < -0.3 is 19.0 Å². The van der Waals surface area contributed by atoms with Crippen LogP contribution in [0.4, 0.5) is 0 Å². The number of hydrogen-bond donors (Lipinski definition) is 2. The number of rotatable bonds is 4. The van der Waals surface area contributed by atoms with Gasteiger partial charge in [0.1, 0.15) is 17.8 Å². The van der Waals surface area contributed by atoms with E-state index in [0.29, 0.717) is 0 Å². The maximum atomic E-state index is 12.2. The summed E-state index contributed by atoms with van der Waals surface area (Å²) in [5.41, 5.74) is -2.10. The Labute approximate surface area is 153 Å². The van der Waals surface area contributed by atoms with Gasteiger partial charge in [-0.2, -0.15) is 0 Å². The van der Waals surface area contributed by atoms with Crippen molar-refractivity contribution in [1.29, 1.82) is 0 Å². The second kappa shape index (κ2) is 6.13. The first-order valence-electron chi connectivity index (χ1n) is 8.86. The molecule has 0 saturated carbocycles. The fourth-order valence-electron chi connectivity index (χ4n) is 3.26. The van der Waals surface area contributed by atoms with Crippen LogP contribution in [0, 0.1) is 0 Å². The summed E-state index contributed by atoms with van der Waals surface area (Å²) in [6, 6.07) is 1.26. The number of aromatic nitrogens is 2. The summed E-state index contributed by atoms with van der Waals surface area (Å²) in [6.45, 7) is 12.5. The average Bonchev–Trinajstić information content (AvgIpc) is 2.99. The third kappa shape index (κ3) is 2.91. The van der Waals surface area contributed by atoms with Gasteiger partial charge in [-0.25, -0.2) is 4.79 Å². The quantitative estimate of drug-likeness (QED) is 0.750. The molecule has 0 spiro atoms. The minimum Gasteiger partial charge on any atom is -0.408 e. The predicted octanol–water partition coefficient (Wildman–Crippen LogP) is 0.974. The summed E-state index contributed by atoms with van der Waals surface area (Å²) in [4.78, 5) is 25.8. The molecule has 2 bridgehead atoms. The molecule has 146 valence electrons. The smallest absolute Gasteiger partial charge is 0.330 e. The highest BCUT2D eigenvalue weighted by Crippen LogP contribution is 2.50. The van der Waals surface area contributed by atoms with Crippen LogP contribution in [-0.4, -0.2) is 53.5 Å². The summed E-state index contributed by atoms with van der Waals surface area (Å²) in [6.07, 6.45) is -1.26. The Morgan fingerprint density at radius 2 is 2.08 bits per heavy atom. The predicted molar refractivity (Wildman–Crippen MR) is 97.7 cm³/mol. The lowest BCUT2D eigenvalue weighted by atomic mass is 9.94. The molecule has 0 radical (unpaired) electrons. The number of hydrogen-bond acceptors (Lipinski definition) is 6. The Bertz CT molecular complexity index is 795. The number of aliphatic hydroxyl groups excluding tert-OH is 1. The molecule has 1 aromatic heterocycles. The number of H-pyrrole nitrogens is 1. The van der Waals surface area contributed by atoms with E-state index >= 15 is 0 Å². The molecule has 0 aromatic carbocycles. The van der Waals surface area contributed by atoms with Crippen LogP contribution >= 0.6 is 0 Å². The number of ether oxygens (including phenoxy) is 2. The number of nitrogens with zero attached hydrogens (tertiary/aromatic N) is 1. The van der Waals surface area contributed by atoms with Gasteiger partial charge in [0.25, 0.3) is 5.56 Å². The average molecular weight is 385 g/mol. The fourth-order valence-corrected chi connectivity index (χ4v) is 4.58. The van der Waals surface area contributed by atoms with E-state index < -0.39 is 49.7 Å². The topological polar surface area (TPSA) is 103 Å². The van der Waals surface area contributed by atoms with Crippen molar-refractivity contribution in [2.45, 2.75) is 76.0 Å². The molecule has 9 heteroatoms. The highest BCUT2D eigenvalue weighted by Gasteiger charge is 2.66. The molecule has 26 heavy (non-hydrogen) atoms. The summed E-state index contributed by atoms with van der Waals surface area (Å²) in [5.74, 6) is 0. The molecular formula is C17H28N2O6Si. The summed E-state index contributed by atoms with van der Waals surface area (Å²) >= 11 is 0. The second-order valence-electron chi connectivity index (χ2n) is 8.73. The Morgan fingerprint density at radius 1 is 1.42 bits per heavy atom. The van der Waals surface area contributed by atoms with E-state index in [0.717, 1.165) is 0 Å². The zero-order valence-corrected chi connectivity index (χ0v) is 17.1. The lowest BCUT2D eigenvalue weighted by Gasteiger charge is -2.41. The molecule has 0 unspecified atom stereocenters. The van der Waals surface area contributed by atoms with Gasteiger partial charge in [-0.15, -0.1) is 0 Å². The van der Waals surface area contributed by atoms with Crippen LogP contribution in [0.3, 0.4) is 0 Å². The molecule has 2 fully saturated rings. The van der Waals surface area contributed by atoms with E-state index in [2.05, 4.69) is 38.8 Å². The summed E-state index contributed by atoms with van der Waals surface area (Å²) in [5, 5.41) is 10.4. The van der Waals surface area contributed by atoms with Crippen molar-refractivity contribution in [3.8, 4) is 0 Å². The Kier molecular flexibility index (Phi) is 4.60. The van der Waals surface area contributed by atoms with Crippen LogP contribution in [-0.2, 0) is 13.9 Å². The van der Waals surface area contributed by atoms with Gasteiger partial charge in [-0.1, -0.05) is 20.8 Å². The first-order valence-corrected chi connectivity index (χ1v) is 11.8. The summed E-state index contributed by atoms with van der Waals surface area (Å²) < 4.78 is 19.9. The SMILES string of the molecule is C[C@@H](O)[C@]12CO[C@H]([C@H](n3ccc(=O)[nH]c3=O)O1)[C@H]2O[Si](C)(C)C(C)(C)C. The number of aromatic amines is 1. The second-order valence-corrected chi connectivity index (χ2v) is 13.5. The molecule has 0 amide bonds. The molecule has 1 aromatic rings.